The molecule has 4 N–H and O–H groups in total. The average molecular weight is 293 g/mol. The summed E-state index contributed by atoms with van der Waals surface area (Å²) in [5.41, 5.74) is 6.13. The van der Waals surface area contributed by atoms with Crippen LogP contribution >= 0.6 is 11.8 Å². The smallest absolute Gasteiger partial charge is 0.237 e. The number of ether oxygens (including phenoxy) is 1. The Morgan fingerprint density at radius 2 is 2.15 bits per heavy atom. The molecule has 1 aromatic heterocycles. The van der Waals surface area contributed by atoms with Crippen LogP contribution in [-0.4, -0.2) is 33.4 Å². The van der Waals surface area contributed by atoms with Crippen LogP contribution in [-0.2, 0) is 4.79 Å². The minimum Gasteiger partial charge on any atom is -0.497 e. The second-order valence-electron chi connectivity index (χ2n) is 3.98. The zero-order valence-corrected chi connectivity index (χ0v) is 11.9. The number of nitrogens with one attached hydrogen (secondary N) is 2. The number of nitrogen functional groups attached to an aromatic ring is 1. The van der Waals surface area contributed by atoms with Gasteiger partial charge in [0.1, 0.15) is 5.75 Å². The third-order valence-electron chi connectivity index (χ3n) is 2.49. The molecule has 0 saturated heterocycles. The number of methoxy groups -OCH3 is 1. The summed E-state index contributed by atoms with van der Waals surface area (Å²) in [5, 5.41) is 9.31. The van der Waals surface area contributed by atoms with Gasteiger partial charge in [-0.25, -0.2) is 5.10 Å². The molecule has 0 bridgehead atoms. The Balaban J connectivity index is 1.93. The van der Waals surface area contributed by atoms with Crippen molar-refractivity contribution in [1.29, 1.82) is 0 Å². The molecule has 0 aliphatic rings. The molecule has 1 atom stereocenters. The van der Waals surface area contributed by atoms with Gasteiger partial charge in [0, 0.05) is 5.69 Å². The quantitative estimate of drug-likeness (QED) is 0.722. The van der Waals surface area contributed by atoms with E-state index in [-0.39, 0.29) is 17.1 Å². The number of anilines is 2. The highest BCUT2D eigenvalue weighted by Gasteiger charge is 2.17. The van der Waals surface area contributed by atoms with E-state index in [4.69, 9.17) is 10.5 Å². The zero-order chi connectivity index (χ0) is 14.5. The maximum Gasteiger partial charge on any atom is 0.237 e. The lowest BCUT2D eigenvalue weighted by Gasteiger charge is -2.10. The van der Waals surface area contributed by atoms with Crippen molar-refractivity contribution < 1.29 is 9.53 Å². The predicted molar refractivity (Wildman–Crippen MR) is 77.7 cm³/mol. The van der Waals surface area contributed by atoms with Gasteiger partial charge in [-0.2, -0.15) is 4.98 Å². The van der Waals surface area contributed by atoms with Gasteiger partial charge in [0.2, 0.25) is 17.0 Å². The Hall–Kier alpha value is -2.22. The van der Waals surface area contributed by atoms with Gasteiger partial charge >= 0.3 is 0 Å². The highest BCUT2D eigenvalue weighted by molar-refractivity contribution is 8.00. The van der Waals surface area contributed by atoms with E-state index in [1.54, 1.807) is 38.3 Å². The third kappa shape index (κ3) is 3.64. The van der Waals surface area contributed by atoms with Crippen LogP contribution in [0.25, 0.3) is 0 Å². The minimum absolute atomic E-state index is 0.136. The number of amides is 1. The molecule has 0 unspecified atom stereocenters. The van der Waals surface area contributed by atoms with Crippen molar-refractivity contribution in [2.45, 2.75) is 17.3 Å². The summed E-state index contributed by atoms with van der Waals surface area (Å²) in [4.78, 5) is 16.0. The van der Waals surface area contributed by atoms with E-state index in [1.807, 2.05) is 0 Å². The van der Waals surface area contributed by atoms with Crippen LogP contribution in [0.15, 0.2) is 29.4 Å². The highest BCUT2D eigenvalue weighted by atomic mass is 32.2. The number of H-pyrrole nitrogens is 1. The Morgan fingerprint density at radius 1 is 1.45 bits per heavy atom. The largest absolute Gasteiger partial charge is 0.497 e. The first-order valence-corrected chi connectivity index (χ1v) is 6.76. The fourth-order valence-corrected chi connectivity index (χ4v) is 2.17. The molecule has 0 saturated carbocycles. The maximum absolute atomic E-state index is 12.0. The summed E-state index contributed by atoms with van der Waals surface area (Å²) >= 11 is 1.23. The molecule has 8 heteroatoms. The molecular formula is C12H15N5O2S. The molecule has 106 valence electrons. The van der Waals surface area contributed by atoms with Crippen molar-refractivity contribution in [3.8, 4) is 5.75 Å². The fourth-order valence-electron chi connectivity index (χ4n) is 1.44. The van der Waals surface area contributed by atoms with Gasteiger partial charge in [-0.05, 0) is 31.2 Å². The number of aromatic amines is 1. The molecule has 2 aromatic rings. The van der Waals surface area contributed by atoms with Gasteiger partial charge in [0.25, 0.3) is 0 Å². The lowest BCUT2D eigenvalue weighted by atomic mass is 10.3. The summed E-state index contributed by atoms with van der Waals surface area (Å²) in [6, 6.07) is 7.12. The maximum atomic E-state index is 12.0. The molecule has 1 amide bonds. The average Bonchev–Trinajstić information content (AvgIpc) is 2.85. The van der Waals surface area contributed by atoms with E-state index in [9.17, 15) is 4.79 Å². The number of hydrogen-bond donors (Lipinski definition) is 3. The number of hydrogen-bond acceptors (Lipinski definition) is 6. The Morgan fingerprint density at radius 3 is 2.70 bits per heavy atom. The van der Waals surface area contributed by atoms with Gasteiger partial charge in [0.15, 0.2) is 0 Å². The summed E-state index contributed by atoms with van der Waals surface area (Å²) in [5.74, 6) is 0.834. The van der Waals surface area contributed by atoms with E-state index >= 15 is 0 Å². The molecule has 1 heterocycles. The number of nitrogens with two attached hydrogens (primary N) is 1. The number of rotatable bonds is 5. The monoisotopic (exact) mass is 293 g/mol. The Kier molecular flexibility index (Phi) is 4.46. The first-order valence-electron chi connectivity index (χ1n) is 5.88. The van der Waals surface area contributed by atoms with Crippen LogP contribution in [0.1, 0.15) is 6.92 Å². The molecule has 0 fully saturated rings. The van der Waals surface area contributed by atoms with Crippen LogP contribution in [0, 0.1) is 0 Å². The molecule has 1 aromatic carbocycles. The molecule has 7 nitrogen and oxygen atoms in total. The van der Waals surface area contributed by atoms with E-state index in [1.165, 1.54) is 11.8 Å². The zero-order valence-electron chi connectivity index (χ0n) is 11.1. The molecule has 0 spiro atoms. The van der Waals surface area contributed by atoms with Crippen LogP contribution < -0.4 is 15.8 Å². The Labute approximate surface area is 120 Å². The summed E-state index contributed by atoms with van der Waals surface area (Å²) < 4.78 is 5.05. The number of nitrogens with zero attached hydrogens (tertiary/aromatic N) is 2. The number of aromatic nitrogens is 3. The van der Waals surface area contributed by atoms with Crippen molar-refractivity contribution in [2.24, 2.45) is 0 Å². The van der Waals surface area contributed by atoms with E-state index in [0.29, 0.717) is 10.8 Å². The second kappa shape index (κ2) is 6.29. The summed E-state index contributed by atoms with van der Waals surface area (Å²) in [7, 11) is 1.59. The number of carbonyl (C=O) groups excluding carboxylic acids is 1. The standard InChI is InChI=1S/C12H15N5O2S/c1-7(20-12-15-11(13)16-17-12)10(18)14-8-3-5-9(19-2)6-4-8/h3-7H,1-2H3,(H,14,18)(H3,13,15,16,17)/t7-/m1/s1. The van der Waals surface area contributed by atoms with Gasteiger partial charge in [0.05, 0.1) is 12.4 Å². The van der Waals surface area contributed by atoms with Crippen LogP contribution in [0.4, 0.5) is 11.6 Å². The molecule has 0 radical (unpaired) electrons. The summed E-state index contributed by atoms with van der Waals surface area (Å²) in [6.07, 6.45) is 0. The molecular weight excluding hydrogens is 278 g/mol. The van der Waals surface area contributed by atoms with Crippen molar-refractivity contribution in [3.05, 3.63) is 24.3 Å². The SMILES string of the molecule is COc1ccc(NC(=O)[C@@H](C)Sc2n[nH]c(N)n2)cc1. The predicted octanol–water partition coefficient (Wildman–Crippen LogP) is 1.51. The van der Waals surface area contributed by atoms with Gasteiger partial charge < -0.3 is 15.8 Å². The molecule has 20 heavy (non-hydrogen) atoms. The normalized spacial score (nSPS) is 11.9. The molecule has 0 aliphatic carbocycles. The first-order chi connectivity index (χ1) is 9.58. The highest BCUT2D eigenvalue weighted by Crippen LogP contribution is 2.21. The van der Waals surface area contributed by atoms with E-state index in [2.05, 4.69) is 20.5 Å². The van der Waals surface area contributed by atoms with E-state index in [0.717, 1.165) is 5.75 Å². The third-order valence-corrected chi connectivity index (χ3v) is 3.45. The topological polar surface area (TPSA) is 106 Å². The van der Waals surface area contributed by atoms with Gasteiger partial charge in [-0.15, -0.1) is 5.10 Å². The van der Waals surface area contributed by atoms with Crippen molar-refractivity contribution in [2.75, 3.05) is 18.2 Å². The van der Waals surface area contributed by atoms with Gasteiger partial charge in [-0.3, -0.25) is 4.79 Å². The summed E-state index contributed by atoms with van der Waals surface area (Å²) in [6.45, 7) is 1.77. The van der Waals surface area contributed by atoms with Crippen molar-refractivity contribution >= 4 is 29.3 Å². The number of benzene rings is 1. The lowest BCUT2D eigenvalue weighted by molar-refractivity contribution is -0.115. The van der Waals surface area contributed by atoms with Crippen LogP contribution in [0.3, 0.4) is 0 Å². The van der Waals surface area contributed by atoms with Crippen molar-refractivity contribution in [3.63, 3.8) is 0 Å². The number of thioether (sulfide) groups is 1. The van der Waals surface area contributed by atoms with E-state index < -0.39 is 0 Å². The van der Waals surface area contributed by atoms with Crippen molar-refractivity contribution in [1.82, 2.24) is 15.2 Å². The minimum atomic E-state index is -0.340. The second-order valence-corrected chi connectivity index (χ2v) is 5.29. The lowest BCUT2D eigenvalue weighted by Crippen LogP contribution is -2.22. The van der Waals surface area contributed by atoms with Crippen LogP contribution in [0.5, 0.6) is 5.75 Å². The van der Waals surface area contributed by atoms with Crippen LogP contribution in [0.2, 0.25) is 0 Å². The van der Waals surface area contributed by atoms with Gasteiger partial charge in [-0.1, -0.05) is 11.8 Å². The first kappa shape index (κ1) is 14.2. The fraction of sp³-hybridized carbons (Fsp3) is 0.250. The molecule has 0 aliphatic heterocycles. The number of carbonyl (C=O) groups is 1. The Bertz CT molecular complexity index is 584. The molecule has 2 rings (SSSR count).